The maximum atomic E-state index is 13.3. The Balaban J connectivity index is 1.49. The van der Waals surface area contributed by atoms with Gasteiger partial charge in [0.2, 0.25) is 5.91 Å². The number of aromatic nitrogens is 1. The summed E-state index contributed by atoms with van der Waals surface area (Å²) in [5.41, 5.74) is 1.23. The van der Waals surface area contributed by atoms with Crippen LogP contribution in [0.1, 0.15) is 29.2 Å². The highest BCUT2D eigenvalue weighted by molar-refractivity contribution is 7.94. The lowest BCUT2D eigenvalue weighted by Gasteiger charge is -2.05. The van der Waals surface area contributed by atoms with Crippen LogP contribution in [-0.2, 0) is 14.8 Å². The van der Waals surface area contributed by atoms with Gasteiger partial charge in [0, 0.05) is 10.8 Å². The van der Waals surface area contributed by atoms with E-state index in [1.165, 1.54) is 24.3 Å². The minimum absolute atomic E-state index is 0.0479. The number of nitrogens with zero attached hydrogens (tertiary/aromatic N) is 1. The Morgan fingerprint density at radius 3 is 2.80 bits per heavy atom. The molecule has 3 aromatic rings. The second kappa shape index (κ2) is 8.04. The van der Waals surface area contributed by atoms with Crippen LogP contribution in [0, 0.1) is 18.7 Å². The zero-order chi connectivity index (χ0) is 21.3. The number of hydrogen-bond acceptors (Lipinski definition) is 6. The fourth-order valence-electron chi connectivity index (χ4n) is 2.71. The smallest absolute Gasteiger partial charge is 0.271 e. The molecule has 30 heavy (non-hydrogen) atoms. The Bertz CT molecular complexity index is 1230. The van der Waals surface area contributed by atoms with Gasteiger partial charge in [0.15, 0.2) is 5.76 Å². The van der Waals surface area contributed by atoms with Crippen LogP contribution in [-0.4, -0.2) is 19.5 Å². The first-order chi connectivity index (χ1) is 14.3. The van der Waals surface area contributed by atoms with Crippen molar-refractivity contribution < 1.29 is 22.1 Å². The van der Waals surface area contributed by atoms with Crippen molar-refractivity contribution in [2.75, 3.05) is 10.0 Å². The van der Waals surface area contributed by atoms with Gasteiger partial charge < -0.3 is 9.84 Å². The van der Waals surface area contributed by atoms with Crippen LogP contribution in [0.2, 0.25) is 0 Å². The van der Waals surface area contributed by atoms with Gasteiger partial charge in [-0.2, -0.15) is 0 Å². The summed E-state index contributed by atoms with van der Waals surface area (Å²) >= 11 is 1.04. The van der Waals surface area contributed by atoms with E-state index in [1.807, 2.05) is 0 Å². The molecule has 0 saturated heterocycles. The normalized spacial score (nSPS) is 14.2. The number of thiophene rings is 1. The third kappa shape index (κ3) is 4.60. The van der Waals surface area contributed by atoms with Gasteiger partial charge in [-0.1, -0.05) is 11.2 Å². The molecule has 1 amide bonds. The minimum Gasteiger partial charge on any atom is -0.354 e. The third-order valence-corrected chi connectivity index (χ3v) is 7.35. The molecule has 0 aliphatic heterocycles. The summed E-state index contributed by atoms with van der Waals surface area (Å²) in [6.45, 7) is 1.73. The molecule has 1 aliphatic carbocycles. The Labute approximate surface area is 176 Å². The molecule has 0 radical (unpaired) electrons. The van der Waals surface area contributed by atoms with Gasteiger partial charge in [0.1, 0.15) is 21.4 Å². The van der Waals surface area contributed by atoms with Gasteiger partial charge in [-0.25, -0.2) is 12.8 Å². The Morgan fingerprint density at radius 1 is 1.27 bits per heavy atom. The fraction of sp³-hybridized carbons (Fsp3) is 0.200. The van der Waals surface area contributed by atoms with E-state index in [0.29, 0.717) is 22.0 Å². The summed E-state index contributed by atoms with van der Waals surface area (Å²) in [4.78, 5) is 12.7. The molecule has 7 nitrogen and oxygen atoms in total. The van der Waals surface area contributed by atoms with Crippen LogP contribution in [0.15, 0.2) is 45.1 Å². The molecular formula is C20H18FN3O4S2. The number of rotatable bonds is 7. The van der Waals surface area contributed by atoms with Crippen molar-refractivity contribution in [2.45, 2.75) is 24.0 Å². The lowest BCUT2D eigenvalue weighted by Crippen LogP contribution is -2.14. The highest BCUT2D eigenvalue weighted by atomic mass is 32.2. The molecule has 10 heteroatoms. The predicted molar refractivity (Wildman–Crippen MR) is 113 cm³/mol. The summed E-state index contributed by atoms with van der Waals surface area (Å²) in [5, 5.41) is 6.72. The van der Waals surface area contributed by atoms with E-state index in [2.05, 4.69) is 15.2 Å². The maximum Gasteiger partial charge on any atom is 0.271 e. The van der Waals surface area contributed by atoms with Gasteiger partial charge in [-0.05, 0) is 62.2 Å². The molecule has 0 unspecified atom stereocenters. The molecule has 156 valence electrons. The molecule has 1 aromatic carbocycles. The van der Waals surface area contributed by atoms with Crippen LogP contribution in [0.4, 0.5) is 15.8 Å². The van der Waals surface area contributed by atoms with Crippen molar-refractivity contribution in [3.8, 4) is 0 Å². The van der Waals surface area contributed by atoms with Gasteiger partial charge in [0.05, 0.1) is 5.69 Å². The third-order valence-electron chi connectivity index (χ3n) is 4.43. The van der Waals surface area contributed by atoms with Gasteiger partial charge in [-0.3, -0.25) is 9.52 Å². The van der Waals surface area contributed by atoms with Crippen molar-refractivity contribution in [1.82, 2.24) is 5.16 Å². The Kier molecular flexibility index (Phi) is 5.44. The standard InChI is InChI=1S/C20H18FN3O4S2/c1-12-19(22-20(25)13-5-6-13)17(28-23-12)9-7-16-8-10-18(29-16)30(26,27)24-15-4-2-3-14(21)11-15/h2-4,7-11,13,24H,5-6H2,1H3,(H,22,25)/b9-7+. The highest BCUT2D eigenvalue weighted by Crippen LogP contribution is 2.32. The van der Waals surface area contributed by atoms with Crippen molar-refractivity contribution >= 4 is 50.8 Å². The minimum atomic E-state index is -3.84. The molecule has 0 spiro atoms. The van der Waals surface area contributed by atoms with Crippen LogP contribution >= 0.6 is 11.3 Å². The molecule has 1 fully saturated rings. The second-order valence-electron chi connectivity index (χ2n) is 6.88. The second-order valence-corrected chi connectivity index (χ2v) is 9.90. The topological polar surface area (TPSA) is 101 Å². The number of hydrogen-bond donors (Lipinski definition) is 2. The first-order valence-corrected chi connectivity index (χ1v) is 11.5. The Morgan fingerprint density at radius 2 is 2.07 bits per heavy atom. The van der Waals surface area contributed by atoms with E-state index in [0.717, 1.165) is 30.2 Å². The number of anilines is 2. The summed E-state index contributed by atoms with van der Waals surface area (Å²) in [6.07, 6.45) is 5.08. The average molecular weight is 448 g/mol. The number of sulfonamides is 1. The van der Waals surface area contributed by atoms with Gasteiger partial charge in [-0.15, -0.1) is 11.3 Å². The van der Waals surface area contributed by atoms with Crippen LogP contribution in [0.25, 0.3) is 12.2 Å². The maximum absolute atomic E-state index is 13.3. The first-order valence-electron chi connectivity index (χ1n) is 9.15. The SMILES string of the molecule is Cc1noc(/C=C/c2ccc(S(=O)(=O)Nc3cccc(F)c3)s2)c1NC(=O)C1CC1. The number of halogens is 1. The molecular weight excluding hydrogens is 429 g/mol. The monoisotopic (exact) mass is 447 g/mol. The lowest BCUT2D eigenvalue weighted by atomic mass is 10.2. The molecule has 0 bridgehead atoms. The Hall–Kier alpha value is -2.98. The number of aryl methyl sites for hydroxylation is 1. The van der Waals surface area contributed by atoms with E-state index in [-0.39, 0.29) is 21.7 Å². The van der Waals surface area contributed by atoms with E-state index < -0.39 is 15.8 Å². The number of benzene rings is 1. The summed E-state index contributed by atoms with van der Waals surface area (Å²) < 4.78 is 46.1. The molecule has 2 heterocycles. The van der Waals surface area contributed by atoms with Crippen LogP contribution in [0.3, 0.4) is 0 Å². The van der Waals surface area contributed by atoms with Crippen molar-refractivity contribution in [3.63, 3.8) is 0 Å². The molecule has 2 aromatic heterocycles. The molecule has 0 atom stereocenters. The first kappa shape index (κ1) is 20.3. The lowest BCUT2D eigenvalue weighted by molar-refractivity contribution is -0.117. The average Bonchev–Trinajstić information content (AvgIpc) is 3.33. The van der Waals surface area contributed by atoms with Crippen molar-refractivity contribution in [3.05, 3.63) is 58.5 Å². The van der Waals surface area contributed by atoms with E-state index in [1.54, 1.807) is 25.1 Å². The molecule has 1 aliphatic rings. The summed E-state index contributed by atoms with van der Waals surface area (Å²) in [5.74, 6) is -0.148. The van der Waals surface area contributed by atoms with E-state index in [9.17, 15) is 17.6 Å². The highest BCUT2D eigenvalue weighted by Gasteiger charge is 2.30. The number of carbonyl (C=O) groups excluding carboxylic acids is 1. The summed E-state index contributed by atoms with van der Waals surface area (Å²) in [6, 6.07) is 8.35. The molecule has 1 saturated carbocycles. The van der Waals surface area contributed by atoms with Crippen molar-refractivity contribution in [1.29, 1.82) is 0 Å². The zero-order valence-corrected chi connectivity index (χ0v) is 17.5. The van der Waals surface area contributed by atoms with E-state index >= 15 is 0 Å². The largest absolute Gasteiger partial charge is 0.354 e. The molecule has 2 N–H and O–H groups in total. The fourth-order valence-corrected chi connectivity index (χ4v) is 4.99. The van der Waals surface area contributed by atoms with Crippen LogP contribution < -0.4 is 10.0 Å². The quantitative estimate of drug-likeness (QED) is 0.555. The number of amides is 1. The number of carbonyl (C=O) groups is 1. The predicted octanol–water partition coefficient (Wildman–Crippen LogP) is 4.50. The zero-order valence-electron chi connectivity index (χ0n) is 15.9. The van der Waals surface area contributed by atoms with Gasteiger partial charge in [0.25, 0.3) is 10.0 Å². The van der Waals surface area contributed by atoms with Crippen LogP contribution in [0.5, 0.6) is 0 Å². The number of nitrogens with one attached hydrogen (secondary N) is 2. The van der Waals surface area contributed by atoms with E-state index in [4.69, 9.17) is 4.52 Å². The summed E-state index contributed by atoms with van der Waals surface area (Å²) in [7, 11) is -3.84. The van der Waals surface area contributed by atoms with Gasteiger partial charge >= 0.3 is 0 Å². The molecule has 4 rings (SSSR count). The van der Waals surface area contributed by atoms with Crippen molar-refractivity contribution in [2.24, 2.45) is 5.92 Å².